The van der Waals surface area contributed by atoms with E-state index in [4.69, 9.17) is 4.74 Å². The number of aromatic nitrogens is 3. The third-order valence-corrected chi connectivity index (χ3v) is 7.87. The Balaban J connectivity index is 1.35. The minimum Gasteiger partial charge on any atom is -0.497 e. The molecule has 8 heteroatoms. The number of methoxy groups -OCH3 is 1. The van der Waals surface area contributed by atoms with Gasteiger partial charge in [-0.2, -0.15) is 0 Å². The molecule has 7 nitrogen and oxygen atoms in total. The van der Waals surface area contributed by atoms with Gasteiger partial charge in [0.15, 0.2) is 5.16 Å². The summed E-state index contributed by atoms with van der Waals surface area (Å²) >= 11 is 1.50. The van der Waals surface area contributed by atoms with Crippen molar-refractivity contribution in [3.05, 3.63) is 35.7 Å². The molecule has 0 radical (unpaired) electrons. The highest BCUT2D eigenvalue weighted by molar-refractivity contribution is 7.99. The number of likely N-dealkylation sites (tertiary alicyclic amines) is 1. The molecule has 2 heterocycles. The van der Waals surface area contributed by atoms with Gasteiger partial charge < -0.3 is 14.6 Å². The van der Waals surface area contributed by atoms with Gasteiger partial charge in [-0.05, 0) is 63.4 Å². The lowest BCUT2D eigenvalue weighted by Crippen LogP contribution is -2.41. The van der Waals surface area contributed by atoms with E-state index in [2.05, 4.69) is 37.1 Å². The molecule has 2 aliphatic rings. The van der Waals surface area contributed by atoms with Crippen molar-refractivity contribution in [3.63, 3.8) is 0 Å². The fourth-order valence-corrected chi connectivity index (χ4v) is 5.99. The highest BCUT2D eigenvalue weighted by Crippen LogP contribution is 2.32. The first kappa shape index (κ1) is 24.1. The van der Waals surface area contributed by atoms with Crippen molar-refractivity contribution < 1.29 is 9.53 Å². The zero-order chi connectivity index (χ0) is 23.0. The van der Waals surface area contributed by atoms with Crippen LogP contribution in [0.3, 0.4) is 0 Å². The van der Waals surface area contributed by atoms with E-state index < -0.39 is 0 Å². The van der Waals surface area contributed by atoms with Gasteiger partial charge in [0.05, 0.1) is 18.9 Å². The number of hydrogen-bond acceptors (Lipinski definition) is 6. The minimum absolute atomic E-state index is 0.0476. The lowest BCUT2D eigenvalue weighted by molar-refractivity contribution is -0.118. The Kier molecular flexibility index (Phi) is 8.67. The second-order valence-electron chi connectivity index (χ2n) is 9.17. The summed E-state index contributed by atoms with van der Waals surface area (Å²) in [7, 11) is 1.69. The Morgan fingerprint density at radius 1 is 1.09 bits per heavy atom. The highest BCUT2D eigenvalue weighted by Gasteiger charge is 2.24. The topological polar surface area (TPSA) is 72.3 Å². The molecule has 1 aromatic heterocycles. The lowest BCUT2D eigenvalue weighted by Gasteiger charge is -2.35. The number of rotatable bonds is 9. The molecule has 1 aromatic carbocycles. The van der Waals surface area contributed by atoms with Crippen molar-refractivity contribution in [3.8, 4) is 5.75 Å². The summed E-state index contributed by atoms with van der Waals surface area (Å²) < 4.78 is 7.58. The number of carbonyl (C=O) groups excluding carboxylic acids is 1. The van der Waals surface area contributed by atoms with Gasteiger partial charge in [-0.15, -0.1) is 10.2 Å². The van der Waals surface area contributed by atoms with Crippen LogP contribution in [0.2, 0.25) is 0 Å². The first-order chi connectivity index (χ1) is 16.2. The fourth-order valence-electron chi connectivity index (χ4n) is 5.11. The first-order valence-electron chi connectivity index (χ1n) is 12.3. The van der Waals surface area contributed by atoms with Crippen LogP contribution in [0.4, 0.5) is 0 Å². The summed E-state index contributed by atoms with van der Waals surface area (Å²) in [6, 6.07) is 8.90. The molecule has 2 fully saturated rings. The number of nitrogens with one attached hydrogen (secondary N) is 1. The molecule has 1 unspecified atom stereocenters. The van der Waals surface area contributed by atoms with Crippen LogP contribution in [0.1, 0.15) is 74.8 Å². The lowest BCUT2D eigenvalue weighted by atomic mass is 9.95. The standard InChI is InChI=1S/C25H37N5O2S/c1-19-27-28-25(30(19)21-9-5-3-6-10-21)33-18-24(31)26-17-23(29-15-7-4-8-16-29)20-11-13-22(32-2)14-12-20/h11-14,21,23H,3-10,15-18H2,1-2H3,(H,26,31). The summed E-state index contributed by atoms with van der Waals surface area (Å²) in [6.07, 6.45) is 9.91. The van der Waals surface area contributed by atoms with E-state index in [9.17, 15) is 4.79 Å². The van der Waals surface area contributed by atoms with Crippen LogP contribution in [-0.4, -0.2) is 58.1 Å². The predicted molar refractivity (Wildman–Crippen MR) is 132 cm³/mol. The highest BCUT2D eigenvalue weighted by atomic mass is 32.2. The summed E-state index contributed by atoms with van der Waals surface area (Å²) in [5.74, 6) is 2.22. The second-order valence-corrected chi connectivity index (χ2v) is 10.1. The van der Waals surface area contributed by atoms with E-state index in [0.29, 0.717) is 18.3 Å². The Labute approximate surface area is 201 Å². The Morgan fingerprint density at radius 3 is 2.48 bits per heavy atom. The maximum absolute atomic E-state index is 12.8. The number of piperidine rings is 1. The second kappa shape index (κ2) is 11.9. The number of benzene rings is 1. The van der Waals surface area contributed by atoms with Crippen LogP contribution < -0.4 is 10.1 Å². The van der Waals surface area contributed by atoms with E-state index in [1.165, 1.54) is 68.7 Å². The molecular weight excluding hydrogens is 434 g/mol. The SMILES string of the molecule is COc1ccc(C(CNC(=O)CSc2nnc(C)n2C2CCCCC2)N2CCCCC2)cc1. The average molecular weight is 472 g/mol. The van der Waals surface area contributed by atoms with Gasteiger partial charge >= 0.3 is 0 Å². The molecule has 1 N–H and O–H groups in total. The Morgan fingerprint density at radius 2 is 1.79 bits per heavy atom. The van der Waals surface area contributed by atoms with Gasteiger partial charge in [-0.3, -0.25) is 9.69 Å². The molecule has 2 aromatic rings. The summed E-state index contributed by atoms with van der Waals surface area (Å²) in [5, 5.41) is 12.7. The van der Waals surface area contributed by atoms with Crippen LogP contribution in [0, 0.1) is 6.92 Å². The van der Waals surface area contributed by atoms with Crippen LogP contribution in [-0.2, 0) is 4.79 Å². The van der Waals surface area contributed by atoms with Gasteiger partial charge in [-0.1, -0.05) is 49.6 Å². The molecule has 0 bridgehead atoms. The van der Waals surface area contributed by atoms with E-state index >= 15 is 0 Å². The minimum atomic E-state index is 0.0476. The monoisotopic (exact) mass is 471 g/mol. The van der Waals surface area contributed by atoms with Crippen LogP contribution in [0.5, 0.6) is 5.75 Å². The predicted octanol–water partition coefficient (Wildman–Crippen LogP) is 4.54. The zero-order valence-electron chi connectivity index (χ0n) is 20.0. The maximum Gasteiger partial charge on any atom is 0.230 e. The summed E-state index contributed by atoms with van der Waals surface area (Å²) in [6.45, 7) is 4.78. The molecular formula is C25H37N5O2S. The average Bonchev–Trinajstić information content (AvgIpc) is 3.24. The van der Waals surface area contributed by atoms with Crippen LogP contribution in [0.25, 0.3) is 0 Å². The normalized spacial score (nSPS) is 18.7. The summed E-state index contributed by atoms with van der Waals surface area (Å²) in [5.41, 5.74) is 1.22. The number of hydrogen-bond donors (Lipinski definition) is 1. The van der Waals surface area contributed by atoms with Crippen LogP contribution >= 0.6 is 11.8 Å². The molecule has 1 amide bonds. The smallest absolute Gasteiger partial charge is 0.230 e. The Hall–Kier alpha value is -2.06. The first-order valence-corrected chi connectivity index (χ1v) is 13.3. The largest absolute Gasteiger partial charge is 0.497 e. The van der Waals surface area contributed by atoms with Gasteiger partial charge in [0.25, 0.3) is 0 Å². The molecule has 1 atom stereocenters. The molecule has 4 rings (SSSR count). The molecule has 1 aliphatic carbocycles. The Bertz CT molecular complexity index is 889. The van der Waals surface area contributed by atoms with E-state index in [1.807, 2.05) is 19.1 Å². The molecule has 180 valence electrons. The number of carbonyl (C=O) groups is 1. The van der Waals surface area contributed by atoms with Crippen LogP contribution in [0.15, 0.2) is 29.4 Å². The van der Waals surface area contributed by atoms with Gasteiger partial charge in [0.1, 0.15) is 11.6 Å². The maximum atomic E-state index is 12.8. The molecule has 1 saturated carbocycles. The zero-order valence-corrected chi connectivity index (χ0v) is 20.8. The van der Waals surface area contributed by atoms with Gasteiger partial charge in [-0.25, -0.2) is 0 Å². The van der Waals surface area contributed by atoms with Crippen molar-refractivity contribution in [2.24, 2.45) is 0 Å². The molecule has 0 spiro atoms. The third-order valence-electron chi connectivity index (χ3n) is 6.93. The number of aryl methyl sites for hydroxylation is 1. The van der Waals surface area contributed by atoms with Gasteiger partial charge in [0.2, 0.25) is 5.91 Å². The molecule has 33 heavy (non-hydrogen) atoms. The molecule has 1 aliphatic heterocycles. The van der Waals surface area contributed by atoms with E-state index in [1.54, 1.807) is 7.11 Å². The number of thioether (sulfide) groups is 1. The summed E-state index contributed by atoms with van der Waals surface area (Å²) in [4.78, 5) is 15.3. The number of amides is 1. The number of nitrogens with zero attached hydrogens (tertiary/aromatic N) is 4. The van der Waals surface area contributed by atoms with Crippen molar-refractivity contribution >= 4 is 17.7 Å². The van der Waals surface area contributed by atoms with E-state index in [-0.39, 0.29) is 11.9 Å². The third kappa shape index (κ3) is 6.29. The van der Waals surface area contributed by atoms with Crippen molar-refractivity contribution in [1.29, 1.82) is 0 Å². The molecule has 1 saturated heterocycles. The van der Waals surface area contributed by atoms with Crippen molar-refractivity contribution in [2.45, 2.75) is 75.5 Å². The van der Waals surface area contributed by atoms with Crippen molar-refractivity contribution in [1.82, 2.24) is 25.0 Å². The number of ether oxygens (including phenoxy) is 1. The fraction of sp³-hybridized carbons (Fsp3) is 0.640. The van der Waals surface area contributed by atoms with Gasteiger partial charge in [0, 0.05) is 12.6 Å². The van der Waals surface area contributed by atoms with Crippen molar-refractivity contribution in [2.75, 3.05) is 32.5 Å². The quantitative estimate of drug-likeness (QED) is 0.542. The van der Waals surface area contributed by atoms with E-state index in [0.717, 1.165) is 29.8 Å².